The van der Waals surface area contributed by atoms with Gasteiger partial charge in [0.25, 0.3) is 10.2 Å². The zero-order chi connectivity index (χ0) is 34.3. The summed E-state index contributed by atoms with van der Waals surface area (Å²) in [6.07, 6.45) is 7.31. The number of fused-ring (bicyclic) bond motifs is 1. The molecule has 13 heteroatoms. The third-order valence-electron chi connectivity index (χ3n) is 9.13. The number of hydrogen-bond acceptors (Lipinski definition) is 8. The van der Waals surface area contributed by atoms with Crippen molar-refractivity contribution in [1.29, 1.82) is 0 Å². The van der Waals surface area contributed by atoms with Gasteiger partial charge in [0.05, 0.1) is 17.7 Å². The van der Waals surface area contributed by atoms with Gasteiger partial charge in [-0.2, -0.15) is 17.1 Å². The number of benzene rings is 1. The zero-order valence-electron chi connectivity index (χ0n) is 27.9. The summed E-state index contributed by atoms with van der Waals surface area (Å²) in [4.78, 5) is 18.1. The van der Waals surface area contributed by atoms with Gasteiger partial charge >= 0.3 is 5.97 Å². The number of hydrogen-bond donors (Lipinski definition) is 4. The van der Waals surface area contributed by atoms with Crippen LogP contribution in [-0.4, -0.2) is 86.0 Å². The first-order chi connectivity index (χ1) is 23.0. The standard InChI is InChI=1S/C35H48FN7O4S/c1-25(2)24-47-35(44)34-33(30-21-29(36)8-9-32(30)40-34)31(37)23-42(38)22-28-10-15-41(16-11-28)19-14-39-48(45,46)43-17-12-27(13-18-43)20-26-6-4-3-5-7-26/h3-7,21,23,25,27-28,39-40H,10-20,22,24,37-38H2,1-2H3/b31-23-. The Bertz CT molecular complexity index is 1760. The highest BCUT2D eigenvalue weighted by Gasteiger charge is 2.28. The lowest BCUT2D eigenvalue weighted by Gasteiger charge is -2.34. The molecule has 2 saturated heterocycles. The lowest BCUT2D eigenvalue weighted by Crippen LogP contribution is -2.47. The number of nitrogens with zero attached hydrogens (tertiary/aromatic N) is 3. The van der Waals surface area contributed by atoms with E-state index in [1.807, 2.05) is 32.0 Å². The summed E-state index contributed by atoms with van der Waals surface area (Å²) in [6.45, 7) is 8.36. The SMILES string of the molecule is CC(C)COC(=O)c1[nH]c2c(c1/C(N)=C/N(N)CC1CCN(CCNS(=O)(=O)N3CCC(Cc4ccccc4)CC3)CC1)=CC(F)=C=C=2. The van der Waals surface area contributed by atoms with Crippen molar-refractivity contribution in [2.75, 3.05) is 52.4 Å². The fourth-order valence-electron chi connectivity index (χ4n) is 6.52. The molecule has 2 aliphatic heterocycles. The Morgan fingerprint density at radius 3 is 2.50 bits per heavy atom. The maximum Gasteiger partial charge on any atom is 0.355 e. The number of carbonyl (C=O) groups is 1. The molecule has 1 aromatic heterocycles. The van der Waals surface area contributed by atoms with Crippen molar-refractivity contribution < 1.29 is 22.3 Å². The van der Waals surface area contributed by atoms with Crippen LogP contribution in [-0.2, 0) is 21.4 Å². The van der Waals surface area contributed by atoms with E-state index < -0.39 is 22.0 Å². The monoisotopic (exact) mass is 681 g/mol. The van der Waals surface area contributed by atoms with Gasteiger partial charge in [0.15, 0.2) is 5.83 Å². The number of aromatic nitrogens is 1. The third kappa shape index (κ3) is 9.48. The smallest absolute Gasteiger partial charge is 0.355 e. The number of ether oxygens (including phenoxy) is 1. The molecule has 0 unspecified atom stereocenters. The number of hydrazine groups is 1. The molecule has 0 atom stereocenters. The summed E-state index contributed by atoms with van der Waals surface area (Å²) >= 11 is 0. The van der Waals surface area contributed by atoms with Gasteiger partial charge in [-0.1, -0.05) is 44.2 Å². The zero-order valence-corrected chi connectivity index (χ0v) is 28.7. The van der Waals surface area contributed by atoms with Crippen LogP contribution in [0.3, 0.4) is 0 Å². The molecule has 3 aliphatic rings. The number of carbonyl (C=O) groups excluding carboxylic acids is 1. The molecule has 260 valence electrons. The van der Waals surface area contributed by atoms with Gasteiger partial charge in [-0.05, 0) is 86.0 Å². The Morgan fingerprint density at radius 2 is 1.81 bits per heavy atom. The van der Waals surface area contributed by atoms with Gasteiger partial charge in [-0.3, -0.25) is 0 Å². The van der Waals surface area contributed by atoms with Crippen molar-refractivity contribution in [2.24, 2.45) is 29.3 Å². The molecule has 3 heterocycles. The van der Waals surface area contributed by atoms with E-state index in [9.17, 15) is 17.6 Å². The minimum atomic E-state index is -3.51. The van der Waals surface area contributed by atoms with E-state index in [0.717, 1.165) is 45.2 Å². The van der Waals surface area contributed by atoms with Crippen LogP contribution in [0.2, 0.25) is 0 Å². The maximum absolute atomic E-state index is 14.1. The molecule has 2 fully saturated rings. The van der Waals surface area contributed by atoms with Crippen LogP contribution < -0.4 is 26.9 Å². The second-order valence-electron chi connectivity index (χ2n) is 13.4. The molecule has 6 N–H and O–H groups in total. The highest BCUT2D eigenvalue weighted by Crippen LogP contribution is 2.23. The van der Waals surface area contributed by atoms with Crippen LogP contribution >= 0.6 is 0 Å². The summed E-state index contributed by atoms with van der Waals surface area (Å²) < 4.78 is 49.8. The largest absolute Gasteiger partial charge is 0.461 e. The van der Waals surface area contributed by atoms with Crippen molar-refractivity contribution in [3.63, 3.8) is 0 Å². The lowest BCUT2D eigenvalue weighted by molar-refractivity contribution is 0.0452. The van der Waals surface area contributed by atoms with Crippen LogP contribution in [0, 0.1) is 17.8 Å². The molecule has 48 heavy (non-hydrogen) atoms. The number of esters is 1. The number of aromatic amines is 1. The summed E-state index contributed by atoms with van der Waals surface area (Å²) in [5, 5.41) is 2.28. The van der Waals surface area contributed by atoms with Gasteiger partial charge in [0.1, 0.15) is 5.69 Å². The van der Waals surface area contributed by atoms with Crippen molar-refractivity contribution in [2.45, 2.75) is 46.0 Å². The Balaban J connectivity index is 1.07. The highest BCUT2D eigenvalue weighted by molar-refractivity contribution is 7.87. The van der Waals surface area contributed by atoms with E-state index in [1.165, 1.54) is 16.6 Å². The predicted octanol–water partition coefficient (Wildman–Crippen LogP) is 1.94. The highest BCUT2D eigenvalue weighted by atomic mass is 32.2. The minimum Gasteiger partial charge on any atom is -0.461 e. The van der Waals surface area contributed by atoms with Crippen molar-refractivity contribution in [3.05, 3.63) is 75.5 Å². The Labute approximate surface area is 282 Å². The van der Waals surface area contributed by atoms with Gasteiger partial charge in [-0.15, -0.1) is 0 Å². The molecular formula is C35H48FN7O4S. The normalized spacial score (nSPS) is 18.3. The second kappa shape index (κ2) is 16.2. The van der Waals surface area contributed by atoms with E-state index >= 15 is 0 Å². The van der Waals surface area contributed by atoms with E-state index in [4.69, 9.17) is 16.3 Å². The fraction of sp³-hybridized carbons (Fsp3) is 0.514. The summed E-state index contributed by atoms with van der Waals surface area (Å²) in [7, 11) is -3.51. The average molecular weight is 682 g/mol. The molecule has 0 radical (unpaired) electrons. The molecule has 1 aliphatic carbocycles. The number of rotatable bonds is 14. The van der Waals surface area contributed by atoms with Crippen LogP contribution in [0.15, 0.2) is 48.1 Å². The van der Waals surface area contributed by atoms with Crippen LogP contribution in [0.5, 0.6) is 0 Å². The number of halogens is 1. The molecule has 0 bridgehead atoms. The molecule has 5 rings (SSSR count). The molecule has 11 nitrogen and oxygen atoms in total. The fourth-order valence-corrected chi connectivity index (χ4v) is 7.75. The topological polar surface area (TPSA) is 150 Å². The Hall–Kier alpha value is -3.67. The Morgan fingerprint density at radius 1 is 1.12 bits per heavy atom. The molecule has 2 aromatic rings. The number of piperidine rings is 2. The summed E-state index contributed by atoms with van der Waals surface area (Å²) in [5.41, 5.74) is 13.4. The van der Waals surface area contributed by atoms with Gasteiger partial charge < -0.3 is 25.4 Å². The summed E-state index contributed by atoms with van der Waals surface area (Å²) in [6, 6.07) is 10.4. The van der Waals surface area contributed by atoms with Gasteiger partial charge in [0.2, 0.25) is 0 Å². The van der Waals surface area contributed by atoms with Crippen molar-refractivity contribution in [3.8, 4) is 0 Å². The number of nitrogens with one attached hydrogen (secondary N) is 2. The third-order valence-corrected chi connectivity index (χ3v) is 10.7. The molecule has 1 aromatic carbocycles. The number of likely N-dealkylation sites (tertiary alicyclic amines) is 1. The first kappa shape index (κ1) is 35.6. The first-order valence-electron chi connectivity index (χ1n) is 16.8. The van der Waals surface area contributed by atoms with Gasteiger partial charge in [-0.25, -0.2) is 15.4 Å². The van der Waals surface area contributed by atoms with E-state index in [2.05, 4.69) is 38.2 Å². The molecular weight excluding hydrogens is 633 g/mol. The quantitative estimate of drug-likeness (QED) is 0.102. The van der Waals surface area contributed by atoms with E-state index in [-0.39, 0.29) is 23.9 Å². The van der Waals surface area contributed by atoms with Crippen LogP contribution in [0.1, 0.15) is 61.1 Å². The molecule has 0 spiro atoms. The van der Waals surface area contributed by atoms with Crippen molar-refractivity contribution in [1.82, 2.24) is 23.9 Å². The number of allylic oxidation sites excluding steroid dienone is 1. The van der Waals surface area contributed by atoms with E-state index in [0.29, 0.717) is 60.7 Å². The summed E-state index contributed by atoms with van der Waals surface area (Å²) in [5.74, 6) is 6.08. The molecule has 0 saturated carbocycles. The molecule has 0 amide bonds. The number of nitrogens with two attached hydrogens (primary N) is 2. The lowest BCUT2D eigenvalue weighted by atomic mass is 9.91. The number of H-pyrrole nitrogens is 1. The first-order valence-corrected chi connectivity index (χ1v) is 18.2. The minimum absolute atomic E-state index is 0.111. The maximum atomic E-state index is 14.1. The average Bonchev–Trinajstić information content (AvgIpc) is 3.44. The van der Waals surface area contributed by atoms with Crippen molar-refractivity contribution >= 4 is 33.7 Å². The van der Waals surface area contributed by atoms with Crippen LogP contribution in [0.25, 0.3) is 17.5 Å². The van der Waals surface area contributed by atoms with Crippen LogP contribution in [0.4, 0.5) is 4.39 Å². The Kier molecular flexibility index (Phi) is 12.0. The van der Waals surface area contributed by atoms with Gasteiger partial charge in [0, 0.05) is 49.7 Å². The second-order valence-corrected chi connectivity index (χ2v) is 15.2. The predicted molar refractivity (Wildman–Crippen MR) is 185 cm³/mol. The van der Waals surface area contributed by atoms with E-state index in [1.54, 1.807) is 10.5 Å².